The third kappa shape index (κ3) is 2.24. The summed E-state index contributed by atoms with van der Waals surface area (Å²) in [6.07, 6.45) is 2.45. The molecule has 0 saturated heterocycles. The summed E-state index contributed by atoms with van der Waals surface area (Å²) in [6.45, 7) is 7.51. The van der Waals surface area contributed by atoms with E-state index in [-0.39, 0.29) is 0 Å². The van der Waals surface area contributed by atoms with E-state index in [2.05, 4.69) is 41.6 Å². The van der Waals surface area contributed by atoms with Crippen LogP contribution in [0, 0.1) is 0 Å². The molecule has 1 aromatic heterocycles. The molecule has 15 heavy (non-hydrogen) atoms. The third-order valence-electron chi connectivity index (χ3n) is 3.19. The lowest BCUT2D eigenvalue weighted by molar-refractivity contribution is 0.0495. The van der Waals surface area contributed by atoms with Gasteiger partial charge in [-0.3, -0.25) is 4.90 Å². The van der Waals surface area contributed by atoms with Gasteiger partial charge in [-0.1, -0.05) is 0 Å². The summed E-state index contributed by atoms with van der Waals surface area (Å²) in [6, 6.07) is 4.89. The van der Waals surface area contributed by atoms with Crippen LogP contribution >= 0.6 is 0 Å². The molecule has 0 N–H and O–H groups in total. The van der Waals surface area contributed by atoms with Crippen LogP contribution in [0.1, 0.15) is 19.5 Å². The Hall–Kier alpha value is -0.800. The average molecular weight is 208 g/mol. The van der Waals surface area contributed by atoms with E-state index >= 15 is 0 Å². The molecule has 1 aliphatic rings. The maximum atomic E-state index is 5.52. The number of hydrogen-bond donors (Lipinski definition) is 0. The van der Waals surface area contributed by atoms with E-state index < -0.39 is 0 Å². The molecule has 2 heterocycles. The van der Waals surface area contributed by atoms with Gasteiger partial charge in [0.15, 0.2) is 0 Å². The summed E-state index contributed by atoms with van der Waals surface area (Å²) in [4.78, 5) is 2.47. The SMILES string of the molecule is COC1CN(C(C)C)Cc2cccn2C1. The molecule has 0 bridgehead atoms. The van der Waals surface area contributed by atoms with Crippen LogP contribution in [0.15, 0.2) is 18.3 Å². The molecule has 0 spiro atoms. The molecule has 1 aromatic rings. The molecule has 1 atom stereocenters. The number of hydrogen-bond acceptors (Lipinski definition) is 2. The van der Waals surface area contributed by atoms with E-state index in [9.17, 15) is 0 Å². The predicted octanol–water partition coefficient (Wildman–Crippen LogP) is 1.73. The van der Waals surface area contributed by atoms with Crippen molar-refractivity contribution in [2.45, 2.75) is 39.1 Å². The Labute approximate surface area is 91.6 Å². The number of aromatic nitrogens is 1. The minimum atomic E-state index is 0.307. The average Bonchev–Trinajstić information content (AvgIpc) is 2.55. The number of ether oxygens (including phenoxy) is 1. The van der Waals surface area contributed by atoms with Gasteiger partial charge in [-0.25, -0.2) is 0 Å². The van der Waals surface area contributed by atoms with Crippen molar-refractivity contribution in [1.29, 1.82) is 0 Å². The Morgan fingerprint density at radius 3 is 2.87 bits per heavy atom. The van der Waals surface area contributed by atoms with Gasteiger partial charge in [0.05, 0.1) is 6.10 Å². The lowest BCUT2D eigenvalue weighted by Gasteiger charge is -2.26. The highest BCUT2D eigenvalue weighted by Gasteiger charge is 2.22. The molecule has 84 valence electrons. The van der Waals surface area contributed by atoms with Gasteiger partial charge in [-0.2, -0.15) is 0 Å². The second kappa shape index (κ2) is 4.37. The summed E-state index contributed by atoms with van der Waals surface area (Å²) in [5.41, 5.74) is 1.39. The predicted molar refractivity (Wildman–Crippen MR) is 60.8 cm³/mol. The van der Waals surface area contributed by atoms with Crippen molar-refractivity contribution in [3.8, 4) is 0 Å². The van der Waals surface area contributed by atoms with Gasteiger partial charge in [-0.05, 0) is 26.0 Å². The highest BCUT2D eigenvalue weighted by Crippen LogP contribution is 2.16. The van der Waals surface area contributed by atoms with E-state index in [4.69, 9.17) is 4.74 Å². The molecule has 0 radical (unpaired) electrons. The van der Waals surface area contributed by atoms with Crippen LogP contribution in [0.3, 0.4) is 0 Å². The summed E-state index contributed by atoms with van der Waals surface area (Å²) in [5.74, 6) is 0. The van der Waals surface area contributed by atoms with Gasteiger partial charge >= 0.3 is 0 Å². The van der Waals surface area contributed by atoms with Crippen LogP contribution in [-0.2, 0) is 17.8 Å². The molecule has 0 amide bonds. The third-order valence-corrected chi connectivity index (χ3v) is 3.19. The summed E-state index contributed by atoms with van der Waals surface area (Å²) >= 11 is 0. The fraction of sp³-hybridized carbons (Fsp3) is 0.667. The van der Waals surface area contributed by atoms with Crippen molar-refractivity contribution in [1.82, 2.24) is 9.47 Å². The van der Waals surface area contributed by atoms with Crippen LogP contribution < -0.4 is 0 Å². The number of rotatable bonds is 2. The Kier molecular flexibility index (Phi) is 3.12. The topological polar surface area (TPSA) is 17.4 Å². The first kappa shape index (κ1) is 10.7. The number of nitrogens with zero attached hydrogens (tertiary/aromatic N) is 2. The quantitative estimate of drug-likeness (QED) is 0.736. The lowest BCUT2D eigenvalue weighted by Crippen LogP contribution is -2.36. The summed E-state index contributed by atoms with van der Waals surface area (Å²) < 4.78 is 7.82. The smallest absolute Gasteiger partial charge is 0.0876 e. The largest absolute Gasteiger partial charge is 0.378 e. The normalized spacial score (nSPS) is 22.8. The maximum absolute atomic E-state index is 5.52. The van der Waals surface area contributed by atoms with Gasteiger partial charge in [0, 0.05) is 44.7 Å². The zero-order valence-electron chi connectivity index (χ0n) is 9.81. The first-order valence-electron chi connectivity index (χ1n) is 5.61. The fourth-order valence-corrected chi connectivity index (χ4v) is 2.12. The standard InChI is InChI=1S/C12H20N2O/c1-10(2)14-7-11-5-4-6-13(11)8-12(9-14)15-3/h4-6,10,12H,7-9H2,1-3H3. The molecular weight excluding hydrogens is 188 g/mol. The lowest BCUT2D eigenvalue weighted by atomic mass is 10.2. The van der Waals surface area contributed by atoms with Crippen LogP contribution in [0.5, 0.6) is 0 Å². The van der Waals surface area contributed by atoms with E-state index in [1.165, 1.54) is 5.69 Å². The van der Waals surface area contributed by atoms with E-state index in [0.717, 1.165) is 19.6 Å². The van der Waals surface area contributed by atoms with E-state index in [1.54, 1.807) is 7.11 Å². The molecule has 0 saturated carbocycles. The Morgan fingerprint density at radius 2 is 2.20 bits per heavy atom. The van der Waals surface area contributed by atoms with Crippen LogP contribution in [0.4, 0.5) is 0 Å². The molecular formula is C12H20N2O. The Balaban J connectivity index is 2.21. The van der Waals surface area contributed by atoms with Gasteiger partial charge in [0.25, 0.3) is 0 Å². The summed E-state index contributed by atoms with van der Waals surface area (Å²) in [7, 11) is 1.80. The first-order chi connectivity index (χ1) is 7.20. The number of fused-ring (bicyclic) bond motifs is 1. The highest BCUT2D eigenvalue weighted by atomic mass is 16.5. The molecule has 2 rings (SSSR count). The van der Waals surface area contributed by atoms with Crippen LogP contribution in [0.25, 0.3) is 0 Å². The monoisotopic (exact) mass is 208 g/mol. The van der Waals surface area contributed by atoms with Crippen molar-refractivity contribution >= 4 is 0 Å². The van der Waals surface area contributed by atoms with Crippen molar-refractivity contribution < 1.29 is 4.74 Å². The second-order valence-corrected chi connectivity index (χ2v) is 4.53. The van der Waals surface area contributed by atoms with Crippen LogP contribution in [0.2, 0.25) is 0 Å². The summed E-state index contributed by atoms with van der Waals surface area (Å²) in [5, 5.41) is 0. The van der Waals surface area contributed by atoms with Gasteiger partial charge < -0.3 is 9.30 Å². The zero-order valence-corrected chi connectivity index (χ0v) is 9.81. The van der Waals surface area contributed by atoms with Gasteiger partial charge in [0.1, 0.15) is 0 Å². The molecule has 1 aliphatic heterocycles. The molecule has 0 aliphatic carbocycles. The fourth-order valence-electron chi connectivity index (χ4n) is 2.12. The minimum absolute atomic E-state index is 0.307. The minimum Gasteiger partial charge on any atom is -0.378 e. The molecule has 0 fully saturated rings. The number of methoxy groups -OCH3 is 1. The maximum Gasteiger partial charge on any atom is 0.0876 e. The van der Waals surface area contributed by atoms with Gasteiger partial charge in [-0.15, -0.1) is 0 Å². The highest BCUT2D eigenvalue weighted by molar-refractivity contribution is 5.09. The molecule has 0 aromatic carbocycles. The molecule has 1 unspecified atom stereocenters. The first-order valence-corrected chi connectivity index (χ1v) is 5.61. The Morgan fingerprint density at radius 1 is 1.40 bits per heavy atom. The van der Waals surface area contributed by atoms with E-state index in [0.29, 0.717) is 12.1 Å². The molecule has 3 nitrogen and oxygen atoms in total. The van der Waals surface area contributed by atoms with Crippen molar-refractivity contribution in [2.24, 2.45) is 0 Å². The van der Waals surface area contributed by atoms with Gasteiger partial charge in [0.2, 0.25) is 0 Å². The van der Waals surface area contributed by atoms with Crippen molar-refractivity contribution in [3.63, 3.8) is 0 Å². The van der Waals surface area contributed by atoms with E-state index in [1.807, 2.05) is 0 Å². The molecule has 3 heteroatoms. The second-order valence-electron chi connectivity index (χ2n) is 4.53. The van der Waals surface area contributed by atoms with Crippen LogP contribution in [-0.4, -0.2) is 35.3 Å². The Bertz CT molecular complexity index is 319. The van der Waals surface area contributed by atoms with Crippen molar-refractivity contribution in [3.05, 3.63) is 24.0 Å². The zero-order chi connectivity index (χ0) is 10.8. The van der Waals surface area contributed by atoms with Crippen molar-refractivity contribution in [2.75, 3.05) is 13.7 Å².